The molecule has 0 unspecified atom stereocenters. The first-order valence-corrected chi connectivity index (χ1v) is 6.83. The lowest BCUT2D eigenvalue weighted by atomic mass is 9.87. The Balaban J connectivity index is 2.01. The Hall–Kier alpha value is -2.09. The SMILES string of the molecule is CC(C)(C)c1ccc(CN=Cc2cccc(O)c2)cc1. The van der Waals surface area contributed by atoms with Crippen molar-refractivity contribution in [3.05, 3.63) is 65.2 Å². The molecule has 0 aliphatic heterocycles. The highest BCUT2D eigenvalue weighted by Gasteiger charge is 2.12. The summed E-state index contributed by atoms with van der Waals surface area (Å²) in [5.41, 5.74) is 3.62. The lowest BCUT2D eigenvalue weighted by molar-refractivity contribution is 0.475. The third kappa shape index (κ3) is 3.95. The summed E-state index contributed by atoms with van der Waals surface area (Å²) in [6.45, 7) is 7.28. The Kier molecular flexibility index (Phi) is 4.23. The molecule has 104 valence electrons. The van der Waals surface area contributed by atoms with Gasteiger partial charge in [0.05, 0.1) is 6.54 Å². The Bertz CT molecular complexity index is 592. The van der Waals surface area contributed by atoms with Crippen LogP contribution in [0.5, 0.6) is 5.75 Å². The molecular formula is C18H21NO. The summed E-state index contributed by atoms with van der Waals surface area (Å²) in [4.78, 5) is 4.41. The van der Waals surface area contributed by atoms with Crippen LogP contribution in [0.1, 0.15) is 37.5 Å². The first-order valence-electron chi connectivity index (χ1n) is 6.83. The Morgan fingerprint density at radius 3 is 2.35 bits per heavy atom. The number of aliphatic imine (C=N–C) groups is 1. The molecule has 2 aromatic rings. The molecule has 0 fully saturated rings. The standard InChI is InChI=1S/C18H21NO/c1-18(2,3)16-9-7-14(8-10-16)12-19-13-15-5-4-6-17(20)11-15/h4-11,13,20H,12H2,1-3H3. The number of nitrogens with zero attached hydrogens (tertiary/aromatic N) is 1. The van der Waals surface area contributed by atoms with Gasteiger partial charge in [0, 0.05) is 6.21 Å². The van der Waals surface area contributed by atoms with Crippen molar-refractivity contribution in [1.82, 2.24) is 0 Å². The second-order valence-electron chi connectivity index (χ2n) is 6.01. The van der Waals surface area contributed by atoms with Crippen LogP contribution in [-0.2, 0) is 12.0 Å². The van der Waals surface area contributed by atoms with Crippen molar-refractivity contribution in [3.63, 3.8) is 0 Å². The zero-order chi connectivity index (χ0) is 14.6. The summed E-state index contributed by atoms with van der Waals surface area (Å²) in [6, 6.07) is 15.7. The van der Waals surface area contributed by atoms with E-state index < -0.39 is 0 Å². The fourth-order valence-corrected chi connectivity index (χ4v) is 1.97. The molecule has 0 aliphatic carbocycles. The molecule has 2 aromatic carbocycles. The van der Waals surface area contributed by atoms with Crippen LogP contribution in [-0.4, -0.2) is 11.3 Å². The Morgan fingerprint density at radius 2 is 1.75 bits per heavy atom. The van der Waals surface area contributed by atoms with E-state index in [9.17, 15) is 5.11 Å². The molecule has 2 heteroatoms. The average molecular weight is 267 g/mol. The fourth-order valence-electron chi connectivity index (χ4n) is 1.97. The molecule has 1 N–H and O–H groups in total. The van der Waals surface area contributed by atoms with Gasteiger partial charge in [0.25, 0.3) is 0 Å². The number of benzene rings is 2. The third-order valence-corrected chi connectivity index (χ3v) is 3.20. The van der Waals surface area contributed by atoms with Crippen molar-refractivity contribution in [3.8, 4) is 5.75 Å². The van der Waals surface area contributed by atoms with Gasteiger partial charge in [-0.15, -0.1) is 0 Å². The molecule has 0 aromatic heterocycles. The molecule has 0 saturated carbocycles. The summed E-state index contributed by atoms with van der Waals surface area (Å²) in [5, 5.41) is 9.37. The van der Waals surface area contributed by atoms with Crippen molar-refractivity contribution >= 4 is 6.21 Å². The van der Waals surface area contributed by atoms with Gasteiger partial charge in [0.15, 0.2) is 0 Å². The van der Waals surface area contributed by atoms with Crippen LogP contribution in [0.4, 0.5) is 0 Å². The average Bonchev–Trinajstić information content (AvgIpc) is 2.38. The largest absolute Gasteiger partial charge is 0.508 e. The van der Waals surface area contributed by atoms with E-state index in [1.54, 1.807) is 18.3 Å². The Morgan fingerprint density at radius 1 is 1.05 bits per heavy atom. The zero-order valence-corrected chi connectivity index (χ0v) is 12.3. The monoisotopic (exact) mass is 267 g/mol. The van der Waals surface area contributed by atoms with E-state index in [0.717, 1.165) is 5.56 Å². The minimum atomic E-state index is 0.184. The first-order chi connectivity index (χ1) is 9.45. The fraction of sp³-hybridized carbons (Fsp3) is 0.278. The minimum Gasteiger partial charge on any atom is -0.508 e. The molecule has 0 aliphatic rings. The van der Waals surface area contributed by atoms with E-state index in [-0.39, 0.29) is 11.2 Å². The second kappa shape index (κ2) is 5.91. The molecular weight excluding hydrogens is 246 g/mol. The van der Waals surface area contributed by atoms with E-state index in [4.69, 9.17) is 0 Å². The highest BCUT2D eigenvalue weighted by Crippen LogP contribution is 2.22. The Labute approximate surface area is 120 Å². The van der Waals surface area contributed by atoms with Crippen LogP contribution in [0.15, 0.2) is 53.5 Å². The van der Waals surface area contributed by atoms with Gasteiger partial charge in [-0.25, -0.2) is 0 Å². The number of rotatable bonds is 3. The van der Waals surface area contributed by atoms with Crippen molar-refractivity contribution in [2.24, 2.45) is 4.99 Å². The minimum absolute atomic E-state index is 0.184. The van der Waals surface area contributed by atoms with Crippen molar-refractivity contribution in [1.29, 1.82) is 0 Å². The molecule has 0 spiro atoms. The van der Waals surface area contributed by atoms with Crippen LogP contribution in [0.2, 0.25) is 0 Å². The maximum absolute atomic E-state index is 9.37. The van der Waals surface area contributed by atoms with Gasteiger partial charge < -0.3 is 5.11 Å². The smallest absolute Gasteiger partial charge is 0.116 e. The molecule has 0 heterocycles. The van der Waals surface area contributed by atoms with E-state index >= 15 is 0 Å². The van der Waals surface area contributed by atoms with Crippen molar-refractivity contribution < 1.29 is 5.11 Å². The van der Waals surface area contributed by atoms with E-state index in [1.807, 2.05) is 12.1 Å². The predicted octanol–water partition coefficient (Wildman–Crippen LogP) is 4.31. The lowest BCUT2D eigenvalue weighted by Crippen LogP contribution is -2.10. The number of hydrogen-bond donors (Lipinski definition) is 1. The maximum Gasteiger partial charge on any atom is 0.116 e. The van der Waals surface area contributed by atoms with Gasteiger partial charge in [0.2, 0.25) is 0 Å². The first kappa shape index (κ1) is 14.3. The van der Waals surface area contributed by atoms with Gasteiger partial charge in [0.1, 0.15) is 5.75 Å². The van der Waals surface area contributed by atoms with Crippen molar-refractivity contribution in [2.75, 3.05) is 0 Å². The zero-order valence-electron chi connectivity index (χ0n) is 12.3. The molecule has 0 radical (unpaired) electrons. The van der Waals surface area contributed by atoms with Crippen LogP contribution in [0.3, 0.4) is 0 Å². The van der Waals surface area contributed by atoms with Gasteiger partial charge in [-0.2, -0.15) is 0 Å². The molecule has 20 heavy (non-hydrogen) atoms. The quantitative estimate of drug-likeness (QED) is 0.826. The van der Waals surface area contributed by atoms with E-state index in [0.29, 0.717) is 6.54 Å². The summed E-state index contributed by atoms with van der Waals surface area (Å²) < 4.78 is 0. The predicted molar refractivity (Wildman–Crippen MR) is 84.5 cm³/mol. The molecule has 2 nitrogen and oxygen atoms in total. The molecule has 0 saturated heterocycles. The lowest BCUT2D eigenvalue weighted by Gasteiger charge is -2.18. The summed E-state index contributed by atoms with van der Waals surface area (Å²) in [5.74, 6) is 0.267. The number of phenols is 1. The molecule has 0 atom stereocenters. The van der Waals surface area contributed by atoms with Gasteiger partial charge >= 0.3 is 0 Å². The number of hydrogen-bond acceptors (Lipinski definition) is 2. The number of phenolic OH excluding ortho intramolecular Hbond substituents is 1. The molecule has 2 rings (SSSR count). The topological polar surface area (TPSA) is 32.6 Å². The third-order valence-electron chi connectivity index (χ3n) is 3.20. The van der Waals surface area contributed by atoms with Gasteiger partial charge in [-0.05, 0) is 34.2 Å². The van der Waals surface area contributed by atoms with Crippen LogP contribution >= 0.6 is 0 Å². The van der Waals surface area contributed by atoms with Crippen LogP contribution in [0.25, 0.3) is 0 Å². The molecule has 0 amide bonds. The van der Waals surface area contributed by atoms with E-state index in [1.165, 1.54) is 11.1 Å². The van der Waals surface area contributed by atoms with E-state index in [2.05, 4.69) is 50.0 Å². The highest BCUT2D eigenvalue weighted by molar-refractivity contribution is 5.80. The molecule has 0 bridgehead atoms. The van der Waals surface area contributed by atoms with Gasteiger partial charge in [-0.1, -0.05) is 57.2 Å². The van der Waals surface area contributed by atoms with Gasteiger partial charge in [-0.3, -0.25) is 4.99 Å². The summed E-state index contributed by atoms with van der Waals surface area (Å²) in [7, 11) is 0. The number of aromatic hydroxyl groups is 1. The highest BCUT2D eigenvalue weighted by atomic mass is 16.3. The van der Waals surface area contributed by atoms with Crippen molar-refractivity contribution in [2.45, 2.75) is 32.7 Å². The van der Waals surface area contributed by atoms with Crippen LogP contribution < -0.4 is 0 Å². The van der Waals surface area contributed by atoms with Crippen LogP contribution in [0, 0.1) is 0 Å². The second-order valence-corrected chi connectivity index (χ2v) is 6.01. The summed E-state index contributed by atoms with van der Waals surface area (Å²) in [6.07, 6.45) is 1.79. The maximum atomic E-state index is 9.37. The summed E-state index contributed by atoms with van der Waals surface area (Å²) >= 11 is 0. The normalized spacial score (nSPS) is 11.9.